The molecule has 0 aliphatic rings. The van der Waals surface area contributed by atoms with Crippen molar-refractivity contribution in [3.8, 4) is 0 Å². The molecule has 0 atom stereocenters. The van der Waals surface area contributed by atoms with Gasteiger partial charge in [-0.2, -0.15) is 4.31 Å². The van der Waals surface area contributed by atoms with Crippen LogP contribution in [0.1, 0.15) is 48.2 Å². The van der Waals surface area contributed by atoms with Crippen molar-refractivity contribution >= 4 is 55.8 Å². The van der Waals surface area contributed by atoms with Crippen molar-refractivity contribution in [2.75, 3.05) is 29.5 Å². The quantitative estimate of drug-likeness (QED) is 0.237. The van der Waals surface area contributed by atoms with Crippen molar-refractivity contribution < 1.29 is 18.0 Å². The second kappa shape index (κ2) is 13.1. The van der Waals surface area contributed by atoms with Gasteiger partial charge in [0.15, 0.2) is 4.34 Å². The second-order valence-electron chi connectivity index (χ2n) is 8.34. The Morgan fingerprint density at radius 2 is 1.65 bits per heavy atom. The number of hydrogen-bond donors (Lipinski definition) is 2. The molecule has 198 valence electrons. The van der Waals surface area contributed by atoms with E-state index in [0.717, 1.165) is 41.0 Å². The van der Waals surface area contributed by atoms with E-state index in [9.17, 15) is 18.0 Å². The normalized spacial score (nSPS) is 11.5. The maximum absolute atomic E-state index is 12.9. The lowest BCUT2D eigenvalue weighted by Crippen LogP contribution is -2.32. The number of nitrogens with one attached hydrogen (secondary N) is 2. The number of sulfonamides is 1. The topological polar surface area (TPSA) is 121 Å². The first-order valence-electron chi connectivity index (χ1n) is 11.9. The Morgan fingerprint density at radius 1 is 0.973 bits per heavy atom. The molecular weight excluding hydrogens is 531 g/mol. The van der Waals surface area contributed by atoms with Crippen molar-refractivity contribution in [2.45, 2.75) is 49.8 Å². The van der Waals surface area contributed by atoms with Gasteiger partial charge in [-0.25, -0.2) is 8.42 Å². The van der Waals surface area contributed by atoms with Gasteiger partial charge in [-0.3, -0.25) is 14.9 Å². The van der Waals surface area contributed by atoms with Crippen LogP contribution in [0.4, 0.5) is 10.8 Å². The Labute approximate surface area is 226 Å². The van der Waals surface area contributed by atoms with Gasteiger partial charge in [-0.05, 0) is 68.1 Å². The van der Waals surface area contributed by atoms with E-state index in [-0.39, 0.29) is 21.7 Å². The highest BCUT2D eigenvalue weighted by molar-refractivity contribution is 8.01. The van der Waals surface area contributed by atoms with Crippen LogP contribution in [-0.2, 0) is 14.8 Å². The fourth-order valence-corrected chi connectivity index (χ4v) is 6.64. The second-order valence-corrected chi connectivity index (χ2v) is 12.5. The van der Waals surface area contributed by atoms with E-state index in [1.54, 1.807) is 0 Å². The maximum Gasteiger partial charge on any atom is 0.257 e. The predicted molar refractivity (Wildman–Crippen MR) is 149 cm³/mol. The summed E-state index contributed by atoms with van der Waals surface area (Å²) >= 11 is 2.39. The van der Waals surface area contributed by atoms with Crippen LogP contribution in [0.3, 0.4) is 0 Å². The maximum atomic E-state index is 12.9. The van der Waals surface area contributed by atoms with Gasteiger partial charge in [0, 0.05) is 24.3 Å². The van der Waals surface area contributed by atoms with Crippen LogP contribution < -0.4 is 10.6 Å². The van der Waals surface area contributed by atoms with Crippen LogP contribution >= 0.6 is 23.1 Å². The fourth-order valence-electron chi connectivity index (χ4n) is 3.47. The van der Waals surface area contributed by atoms with E-state index in [1.165, 1.54) is 40.3 Å². The average molecular weight is 562 g/mol. The third-order valence-electron chi connectivity index (χ3n) is 5.53. The van der Waals surface area contributed by atoms with E-state index in [2.05, 4.69) is 20.8 Å². The van der Waals surface area contributed by atoms with E-state index in [0.29, 0.717) is 23.0 Å². The zero-order chi connectivity index (χ0) is 27.0. The number of carbonyl (C=O) groups excluding carboxylic acids is 2. The number of nitrogens with zero attached hydrogens (tertiary/aromatic N) is 3. The Bertz CT molecular complexity index is 1330. The molecule has 2 amide bonds. The molecular formula is C25H31N5O4S3. The van der Waals surface area contributed by atoms with Gasteiger partial charge >= 0.3 is 0 Å². The molecule has 9 nitrogen and oxygen atoms in total. The summed E-state index contributed by atoms with van der Waals surface area (Å²) in [5.41, 5.74) is 3.19. The van der Waals surface area contributed by atoms with Crippen LogP contribution in [0.15, 0.2) is 51.7 Å². The van der Waals surface area contributed by atoms with Crippen LogP contribution in [0.5, 0.6) is 0 Å². The lowest BCUT2D eigenvalue weighted by molar-refractivity contribution is -0.113. The molecule has 3 rings (SSSR count). The van der Waals surface area contributed by atoms with Gasteiger partial charge in [0.2, 0.25) is 21.1 Å². The molecule has 0 aliphatic carbocycles. The Kier molecular flexibility index (Phi) is 10.2. The van der Waals surface area contributed by atoms with Crippen LogP contribution in [-0.4, -0.2) is 53.6 Å². The highest BCUT2D eigenvalue weighted by Gasteiger charge is 2.23. The Morgan fingerprint density at radius 3 is 2.30 bits per heavy atom. The molecule has 37 heavy (non-hydrogen) atoms. The van der Waals surface area contributed by atoms with Crippen molar-refractivity contribution in [3.63, 3.8) is 0 Å². The number of aromatic nitrogens is 2. The summed E-state index contributed by atoms with van der Waals surface area (Å²) in [7, 11) is -3.62. The first kappa shape index (κ1) is 28.8. The Balaban J connectivity index is 1.56. The van der Waals surface area contributed by atoms with Gasteiger partial charge in [0.1, 0.15) is 0 Å². The first-order chi connectivity index (χ1) is 17.6. The molecule has 0 fully saturated rings. The van der Waals surface area contributed by atoms with E-state index >= 15 is 0 Å². The molecule has 0 unspecified atom stereocenters. The molecule has 0 spiro atoms. The SMILES string of the molecule is CCCN(CCC)S(=O)(=O)c1ccc(C(=O)Nc2nnc(SCC(=O)Nc3cccc(C)c3C)s2)cc1. The van der Waals surface area contributed by atoms with E-state index in [1.807, 2.05) is 45.9 Å². The smallest absolute Gasteiger partial charge is 0.257 e. The van der Waals surface area contributed by atoms with Gasteiger partial charge in [-0.1, -0.05) is 49.1 Å². The van der Waals surface area contributed by atoms with E-state index < -0.39 is 15.9 Å². The lowest BCUT2D eigenvalue weighted by atomic mass is 10.1. The van der Waals surface area contributed by atoms with Crippen LogP contribution in [0.2, 0.25) is 0 Å². The highest BCUT2D eigenvalue weighted by Crippen LogP contribution is 2.27. The molecule has 0 aliphatic heterocycles. The van der Waals surface area contributed by atoms with Crippen molar-refractivity contribution in [2.24, 2.45) is 0 Å². The summed E-state index contributed by atoms with van der Waals surface area (Å²) in [5.74, 6) is -0.437. The number of aryl methyl sites for hydroxylation is 1. The monoisotopic (exact) mass is 561 g/mol. The fraction of sp³-hybridized carbons (Fsp3) is 0.360. The summed E-state index contributed by atoms with van der Waals surface area (Å²) in [6.45, 7) is 8.71. The molecule has 3 aromatic rings. The third kappa shape index (κ3) is 7.60. The lowest BCUT2D eigenvalue weighted by Gasteiger charge is -2.21. The number of anilines is 2. The summed E-state index contributed by atoms with van der Waals surface area (Å²) < 4.78 is 27.8. The van der Waals surface area contributed by atoms with E-state index in [4.69, 9.17) is 0 Å². The number of thioether (sulfide) groups is 1. The molecule has 2 aromatic carbocycles. The van der Waals surface area contributed by atoms with Crippen molar-refractivity contribution in [1.29, 1.82) is 0 Å². The molecule has 0 radical (unpaired) electrons. The van der Waals surface area contributed by atoms with Crippen molar-refractivity contribution in [3.05, 3.63) is 59.2 Å². The van der Waals surface area contributed by atoms with Crippen molar-refractivity contribution in [1.82, 2.24) is 14.5 Å². The number of amides is 2. The Hall–Kier alpha value is -2.80. The largest absolute Gasteiger partial charge is 0.325 e. The number of rotatable bonds is 12. The summed E-state index contributed by atoms with van der Waals surface area (Å²) in [6.07, 6.45) is 1.44. The minimum Gasteiger partial charge on any atom is -0.325 e. The summed E-state index contributed by atoms with van der Waals surface area (Å²) in [5, 5.41) is 13.9. The molecule has 0 bridgehead atoms. The zero-order valence-electron chi connectivity index (χ0n) is 21.3. The number of carbonyl (C=O) groups is 2. The van der Waals surface area contributed by atoms with Crippen LogP contribution in [0, 0.1) is 13.8 Å². The average Bonchev–Trinajstić information content (AvgIpc) is 3.32. The van der Waals surface area contributed by atoms with Gasteiger partial charge < -0.3 is 5.32 Å². The molecule has 1 aromatic heterocycles. The predicted octanol–water partition coefficient (Wildman–Crippen LogP) is 4.95. The first-order valence-corrected chi connectivity index (χ1v) is 15.1. The minimum absolute atomic E-state index is 0.152. The van der Waals surface area contributed by atoms with Gasteiger partial charge in [-0.15, -0.1) is 10.2 Å². The number of benzene rings is 2. The summed E-state index contributed by atoms with van der Waals surface area (Å²) in [6, 6.07) is 11.6. The molecule has 0 saturated carbocycles. The third-order valence-corrected chi connectivity index (χ3v) is 9.42. The zero-order valence-corrected chi connectivity index (χ0v) is 23.7. The molecule has 2 N–H and O–H groups in total. The summed E-state index contributed by atoms with van der Waals surface area (Å²) in [4.78, 5) is 25.1. The minimum atomic E-state index is -3.62. The molecule has 1 heterocycles. The molecule has 12 heteroatoms. The number of hydrogen-bond acceptors (Lipinski definition) is 8. The van der Waals surface area contributed by atoms with Crippen LogP contribution in [0.25, 0.3) is 0 Å². The highest BCUT2D eigenvalue weighted by atomic mass is 32.2. The standard InChI is InChI=1S/C25H31N5O4S3/c1-5-14-30(15-6-2)37(33,34)20-12-10-19(11-13-20)23(32)27-24-28-29-25(36-24)35-16-22(31)26-21-9-7-8-17(3)18(21)4/h7-13H,5-6,14-16H2,1-4H3,(H,26,31)(H,27,28,32). The van der Waals surface area contributed by atoms with Gasteiger partial charge in [0.25, 0.3) is 5.91 Å². The molecule has 0 saturated heterocycles. The van der Waals surface area contributed by atoms with Gasteiger partial charge in [0.05, 0.1) is 10.6 Å².